The first-order chi connectivity index (χ1) is 8.13. The van der Waals surface area contributed by atoms with Gasteiger partial charge in [0.2, 0.25) is 5.91 Å². The third kappa shape index (κ3) is 5.20. The first-order valence-corrected chi connectivity index (χ1v) is 6.27. The first kappa shape index (κ1) is 14.0. The average molecular weight is 274 g/mol. The van der Waals surface area contributed by atoms with Crippen LogP contribution in [0.25, 0.3) is 0 Å². The lowest BCUT2D eigenvalue weighted by Gasteiger charge is -2.05. The maximum absolute atomic E-state index is 11.6. The molecular weight excluding hydrogens is 260 g/mol. The van der Waals surface area contributed by atoms with Gasteiger partial charge < -0.3 is 15.4 Å². The highest BCUT2D eigenvalue weighted by Crippen LogP contribution is 2.16. The van der Waals surface area contributed by atoms with Gasteiger partial charge in [-0.15, -0.1) is 24.0 Å². The Morgan fingerprint density at radius 3 is 2.82 bits per heavy atom. The number of methoxy groups -OCH3 is 1. The van der Waals surface area contributed by atoms with Gasteiger partial charge in [-0.2, -0.15) is 0 Å². The van der Waals surface area contributed by atoms with E-state index in [9.17, 15) is 9.59 Å². The molecule has 1 aromatic rings. The van der Waals surface area contributed by atoms with E-state index in [-0.39, 0.29) is 18.4 Å². The molecule has 0 fully saturated rings. The number of hydrogen-bond acceptors (Lipinski definition) is 5. The fourth-order valence-electron chi connectivity index (χ4n) is 1.05. The summed E-state index contributed by atoms with van der Waals surface area (Å²) in [6, 6.07) is 1.66. The molecule has 1 aromatic heterocycles. The van der Waals surface area contributed by atoms with Gasteiger partial charge in [-0.25, -0.2) is 0 Å². The van der Waals surface area contributed by atoms with Crippen LogP contribution in [-0.2, 0) is 9.53 Å². The van der Waals surface area contributed by atoms with E-state index in [1.165, 1.54) is 11.3 Å². The number of rotatable bonds is 6. The van der Waals surface area contributed by atoms with Crippen molar-refractivity contribution in [3.63, 3.8) is 0 Å². The Labute approximate surface area is 109 Å². The highest BCUT2D eigenvalue weighted by Gasteiger charge is 2.09. The molecule has 1 rings (SSSR count). The van der Waals surface area contributed by atoms with Crippen molar-refractivity contribution in [2.75, 3.05) is 26.8 Å². The topological polar surface area (TPSA) is 67.4 Å². The Kier molecular flexibility index (Phi) is 6.03. The second-order valence-electron chi connectivity index (χ2n) is 3.19. The van der Waals surface area contributed by atoms with Crippen LogP contribution in [0.1, 0.15) is 9.67 Å². The van der Waals surface area contributed by atoms with E-state index in [0.29, 0.717) is 18.0 Å². The van der Waals surface area contributed by atoms with Crippen molar-refractivity contribution < 1.29 is 14.3 Å². The second-order valence-corrected chi connectivity index (χ2v) is 4.62. The molecule has 2 amide bonds. The van der Waals surface area contributed by atoms with Gasteiger partial charge in [0.1, 0.15) is 0 Å². The van der Waals surface area contributed by atoms with E-state index < -0.39 is 0 Å². The van der Waals surface area contributed by atoms with Crippen LogP contribution in [0, 0.1) is 0 Å². The zero-order valence-electron chi connectivity index (χ0n) is 9.36. The van der Waals surface area contributed by atoms with Crippen LogP contribution in [0.4, 0.5) is 0 Å². The largest absolute Gasteiger partial charge is 0.383 e. The quantitative estimate of drug-likeness (QED) is 0.523. The van der Waals surface area contributed by atoms with E-state index in [1.807, 2.05) is 0 Å². The number of ether oxygens (including phenoxy) is 1. The van der Waals surface area contributed by atoms with E-state index in [2.05, 4.69) is 23.3 Å². The molecule has 0 aliphatic rings. The van der Waals surface area contributed by atoms with Crippen LogP contribution in [-0.4, -0.2) is 38.6 Å². The first-order valence-electron chi connectivity index (χ1n) is 4.95. The fourth-order valence-corrected chi connectivity index (χ4v) is 2.11. The Hall–Kier alpha value is -1.05. The highest BCUT2D eigenvalue weighted by molar-refractivity contribution is 7.80. The van der Waals surface area contributed by atoms with E-state index in [1.54, 1.807) is 18.6 Å². The summed E-state index contributed by atoms with van der Waals surface area (Å²) >= 11 is 5.39. The monoisotopic (exact) mass is 274 g/mol. The minimum Gasteiger partial charge on any atom is -0.383 e. The van der Waals surface area contributed by atoms with Crippen LogP contribution in [0.2, 0.25) is 0 Å². The molecule has 0 aliphatic carbocycles. The smallest absolute Gasteiger partial charge is 0.261 e. The van der Waals surface area contributed by atoms with Crippen molar-refractivity contribution in [1.82, 2.24) is 10.6 Å². The predicted octanol–water partition coefficient (Wildman–Crippen LogP) is 0.529. The molecule has 0 bridgehead atoms. The molecule has 0 atom stereocenters. The maximum Gasteiger partial charge on any atom is 0.261 e. The van der Waals surface area contributed by atoms with Crippen molar-refractivity contribution in [2.45, 2.75) is 4.90 Å². The van der Waals surface area contributed by atoms with Crippen molar-refractivity contribution >= 4 is 35.8 Å². The summed E-state index contributed by atoms with van der Waals surface area (Å²) in [5.74, 6) is -0.504. The van der Waals surface area contributed by atoms with Gasteiger partial charge >= 0.3 is 0 Å². The summed E-state index contributed by atoms with van der Waals surface area (Å²) < 4.78 is 4.78. The molecule has 0 unspecified atom stereocenters. The summed E-state index contributed by atoms with van der Waals surface area (Å²) in [5.41, 5.74) is 0. The molecule has 0 saturated carbocycles. The third-order valence-corrected chi connectivity index (χ3v) is 3.21. The molecule has 0 spiro atoms. The Bertz CT molecular complexity index is 393. The number of carbonyl (C=O) groups excluding carboxylic acids is 2. The maximum atomic E-state index is 11.6. The SMILES string of the molecule is COCCNC(=O)CNC(=O)c1cc(S)cs1. The minimum absolute atomic E-state index is 0.0393. The second kappa shape index (κ2) is 7.31. The van der Waals surface area contributed by atoms with Gasteiger partial charge in [-0.3, -0.25) is 9.59 Å². The Morgan fingerprint density at radius 2 is 2.24 bits per heavy atom. The number of thiophene rings is 1. The standard InChI is InChI=1S/C10H14N2O3S2/c1-15-3-2-11-9(13)5-12-10(14)8-4-7(16)6-17-8/h4,6,16H,2-3,5H2,1H3,(H,11,13)(H,12,14). The molecule has 7 heteroatoms. The number of thiol groups is 1. The summed E-state index contributed by atoms with van der Waals surface area (Å²) in [7, 11) is 1.56. The molecular formula is C10H14N2O3S2. The summed E-state index contributed by atoms with van der Waals surface area (Å²) in [4.78, 5) is 24.1. The number of nitrogens with one attached hydrogen (secondary N) is 2. The van der Waals surface area contributed by atoms with Crippen LogP contribution in [0.5, 0.6) is 0 Å². The minimum atomic E-state index is -0.266. The Morgan fingerprint density at radius 1 is 1.47 bits per heavy atom. The summed E-state index contributed by atoms with van der Waals surface area (Å²) in [6.45, 7) is 0.848. The zero-order chi connectivity index (χ0) is 12.7. The number of hydrogen-bond donors (Lipinski definition) is 3. The van der Waals surface area contributed by atoms with Crippen LogP contribution in [0.3, 0.4) is 0 Å². The van der Waals surface area contributed by atoms with Gasteiger partial charge in [-0.05, 0) is 6.07 Å². The lowest BCUT2D eigenvalue weighted by molar-refractivity contribution is -0.120. The molecule has 17 heavy (non-hydrogen) atoms. The van der Waals surface area contributed by atoms with Gasteiger partial charge in [0.05, 0.1) is 18.0 Å². The van der Waals surface area contributed by atoms with E-state index in [0.717, 1.165) is 4.90 Å². The van der Waals surface area contributed by atoms with Crippen LogP contribution in [0.15, 0.2) is 16.3 Å². The Balaban J connectivity index is 2.26. The normalized spacial score (nSPS) is 10.0. The molecule has 0 saturated heterocycles. The van der Waals surface area contributed by atoms with Crippen LogP contribution < -0.4 is 10.6 Å². The fraction of sp³-hybridized carbons (Fsp3) is 0.400. The van der Waals surface area contributed by atoms with Crippen LogP contribution >= 0.6 is 24.0 Å². The third-order valence-electron chi connectivity index (χ3n) is 1.85. The molecule has 0 aromatic carbocycles. The van der Waals surface area contributed by atoms with Gasteiger partial charge in [0.25, 0.3) is 5.91 Å². The number of carbonyl (C=O) groups is 2. The average Bonchev–Trinajstić information content (AvgIpc) is 2.73. The number of amides is 2. The van der Waals surface area contributed by atoms with Crippen molar-refractivity contribution in [2.24, 2.45) is 0 Å². The van der Waals surface area contributed by atoms with Gasteiger partial charge in [0.15, 0.2) is 0 Å². The molecule has 0 aliphatic heterocycles. The molecule has 0 radical (unpaired) electrons. The van der Waals surface area contributed by atoms with Gasteiger partial charge in [-0.1, -0.05) is 0 Å². The summed E-state index contributed by atoms with van der Waals surface area (Å²) in [5, 5.41) is 6.89. The predicted molar refractivity (Wildman–Crippen MR) is 68.8 cm³/mol. The molecule has 5 nitrogen and oxygen atoms in total. The summed E-state index contributed by atoms with van der Waals surface area (Å²) in [6.07, 6.45) is 0. The highest BCUT2D eigenvalue weighted by atomic mass is 32.1. The van der Waals surface area contributed by atoms with E-state index >= 15 is 0 Å². The van der Waals surface area contributed by atoms with Crippen molar-refractivity contribution in [3.8, 4) is 0 Å². The lowest BCUT2D eigenvalue weighted by atomic mass is 10.4. The van der Waals surface area contributed by atoms with Gasteiger partial charge in [0, 0.05) is 23.9 Å². The molecule has 2 N–H and O–H groups in total. The van der Waals surface area contributed by atoms with Crippen molar-refractivity contribution in [3.05, 3.63) is 16.3 Å². The molecule has 1 heterocycles. The van der Waals surface area contributed by atoms with Crippen molar-refractivity contribution in [1.29, 1.82) is 0 Å². The zero-order valence-corrected chi connectivity index (χ0v) is 11.1. The lowest BCUT2D eigenvalue weighted by Crippen LogP contribution is -2.37. The van der Waals surface area contributed by atoms with E-state index in [4.69, 9.17) is 4.74 Å². The molecule has 94 valence electrons.